The topological polar surface area (TPSA) is 20.2 Å². The van der Waals surface area contributed by atoms with Crippen molar-refractivity contribution >= 4 is 0 Å². The Labute approximate surface area is 97.3 Å². The lowest BCUT2D eigenvalue weighted by atomic mass is 9.80. The maximum Gasteiger partial charge on any atom is 0.123 e. The minimum Gasteiger partial charge on any atom is -0.392 e. The molecule has 0 fully saturated rings. The van der Waals surface area contributed by atoms with E-state index < -0.39 is 0 Å². The largest absolute Gasteiger partial charge is 0.392 e. The van der Waals surface area contributed by atoms with Crippen LogP contribution >= 0.6 is 0 Å². The van der Waals surface area contributed by atoms with Crippen molar-refractivity contribution < 1.29 is 9.50 Å². The predicted octanol–water partition coefficient (Wildman–Crippen LogP) is 3.47. The van der Waals surface area contributed by atoms with Crippen molar-refractivity contribution in [2.45, 2.75) is 46.6 Å². The number of aliphatic hydroxyl groups is 1. The summed E-state index contributed by atoms with van der Waals surface area (Å²) in [6, 6.07) is 4.73. The molecule has 0 aliphatic carbocycles. The lowest BCUT2D eigenvalue weighted by molar-refractivity contribution is 0.0478. The van der Waals surface area contributed by atoms with Gasteiger partial charge in [0.25, 0.3) is 0 Å². The zero-order chi connectivity index (χ0) is 12.3. The second-order valence-electron chi connectivity index (χ2n) is 5.13. The summed E-state index contributed by atoms with van der Waals surface area (Å²) in [5, 5.41) is 10.1. The second-order valence-corrected chi connectivity index (χ2v) is 5.13. The van der Waals surface area contributed by atoms with Gasteiger partial charge in [0, 0.05) is 0 Å². The van der Waals surface area contributed by atoms with E-state index in [-0.39, 0.29) is 17.3 Å². The maximum absolute atomic E-state index is 12.9. The molecule has 0 aliphatic heterocycles. The standard InChI is InChI=1S/C14H21FO/c1-5-14(3,4)13(16)9-11-6-7-12(15)8-10(11)2/h6-8,13,16H,5,9H2,1-4H3. The Bertz CT molecular complexity index is 358. The molecule has 1 aromatic rings. The molecular weight excluding hydrogens is 203 g/mol. The number of hydrogen-bond acceptors (Lipinski definition) is 1. The first-order chi connectivity index (χ1) is 7.36. The third-order valence-electron chi connectivity index (χ3n) is 3.53. The highest BCUT2D eigenvalue weighted by Gasteiger charge is 2.26. The fraction of sp³-hybridized carbons (Fsp3) is 0.571. The van der Waals surface area contributed by atoms with Gasteiger partial charge in [-0.25, -0.2) is 4.39 Å². The lowest BCUT2D eigenvalue weighted by Crippen LogP contribution is -2.30. The molecule has 0 spiro atoms. The van der Waals surface area contributed by atoms with Gasteiger partial charge in [-0.15, -0.1) is 0 Å². The van der Waals surface area contributed by atoms with Gasteiger partial charge in [-0.3, -0.25) is 0 Å². The molecule has 0 saturated heterocycles. The Balaban J connectivity index is 2.81. The average molecular weight is 224 g/mol. The van der Waals surface area contributed by atoms with E-state index in [9.17, 15) is 9.50 Å². The van der Waals surface area contributed by atoms with Crippen molar-refractivity contribution in [2.75, 3.05) is 0 Å². The van der Waals surface area contributed by atoms with Crippen LogP contribution in [-0.4, -0.2) is 11.2 Å². The molecule has 0 saturated carbocycles. The number of hydrogen-bond donors (Lipinski definition) is 1. The van der Waals surface area contributed by atoms with Crippen LogP contribution in [0.2, 0.25) is 0 Å². The molecule has 16 heavy (non-hydrogen) atoms. The molecule has 0 radical (unpaired) electrons. The van der Waals surface area contributed by atoms with E-state index in [1.807, 2.05) is 6.92 Å². The van der Waals surface area contributed by atoms with Crippen LogP contribution in [0.5, 0.6) is 0 Å². The Morgan fingerprint density at radius 3 is 2.50 bits per heavy atom. The summed E-state index contributed by atoms with van der Waals surface area (Å²) >= 11 is 0. The minimum atomic E-state index is -0.387. The molecule has 1 nitrogen and oxygen atoms in total. The molecule has 0 aromatic heterocycles. The molecule has 0 bridgehead atoms. The minimum absolute atomic E-state index is 0.0964. The third kappa shape index (κ3) is 3.05. The van der Waals surface area contributed by atoms with Crippen molar-refractivity contribution in [1.82, 2.24) is 0 Å². The molecule has 0 aliphatic rings. The van der Waals surface area contributed by atoms with Crippen LogP contribution in [0.3, 0.4) is 0 Å². The second kappa shape index (κ2) is 4.96. The fourth-order valence-electron chi connectivity index (χ4n) is 1.61. The van der Waals surface area contributed by atoms with Crippen LogP contribution in [-0.2, 0) is 6.42 Å². The van der Waals surface area contributed by atoms with Gasteiger partial charge in [0.2, 0.25) is 0 Å². The molecule has 2 heteroatoms. The highest BCUT2D eigenvalue weighted by molar-refractivity contribution is 5.27. The zero-order valence-electron chi connectivity index (χ0n) is 10.5. The molecule has 90 valence electrons. The van der Waals surface area contributed by atoms with Crippen LogP contribution in [0.4, 0.5) is 4.39 Å². The molecule has 1 rings (SSSR count). The Hall–Kier alpha value is -0.890. The smallest absolute Gasteiger partial charge is 0.123 e. The lowest BCUT2D eigenvalue weighted by Gasteiger charge is -2.29. The summed E-state index contributed by atoms with van der Waals surface area (Å²) in [6.45, 7) is 8.05. The number of rotatable bonds is 4. The predicted molar refractivity (Wildman–Crippen MR) is 64.9 cm³/mol. The number of benzene rings is 1. The highest BCUT2D eigenvalue weighted by atomic mass is 19.1. The van der Waals surface area contributed by atoms with E-state index in [1.54, 1.807) is 6.07 Å². The van der Waals surface area contributed by atoms with Gasteiger partial charge >= 0.3 is 0 Å². The first-order valence-electron chi connectivity index (χ1n) is 5.80. The number of aryl methyl sites for hydroxylation is 1. The maximum atomic E-state index is 12.9. The first-order valence-corrected chi connectivity index (χ1v) is 5.80. The summed E-state index contributed by atoms with van der Waals surface area (Å²) in [5.41, 5.74) is 1.84. The van der Waals surface area contributed by atoms with Crippen LogP contribution in [0.15, 0.2) is 18.2 Å². The summed E-state index contributed by atoms with van der Waals surface area (Å²) in [5.74, 6) is -0.217. The molecule has 0 heterocycles. The van der Waals surface area contributed by atoms with Crippen molar-refractivity contribution in [3.8, 4) is 0 Å². The van der Waals surface area contributed by atoms with E-state index in [2.05, 4.69) is 20.8 Å². The van der Waals surface area contributed by atoms with Crippen LogP contribution in [0, 0.1) is 18.2 Å². The molecular formula is C14H21FO. The van der Waals surface area contributed by atoms with Crippen LogP contribution < -0.4 is 0 Å². The molecule has 1 aromatic carbocycles. The van der Waals surface area contributed by atoms with Crippen molar-refractivity contribution in [2.24, 2.45) is 5.41 Å². The van der Waals surface area contributed by atoms with Gasteiger partial charge in [0.05, 0.1) is 6.10 Å². The quantitative estimate of drug-likeness (QED) is 0.830. The molecule has 1 atom stereocenters. The van der Waals surface area contributed by atoms with E-state index >= 15 is 0 Å². The van der Waals surface area contributed by atoms with Gasteiger partial charge in [0.15, 0.2) is 0 Å². The van der Waals surface area contributed by atoms with Crippen molar-refractivity contribution in [1.29, 1.82) is 0 Å². The summed E-state index contributed by atoms with van der Waals surface area (Å²) in [6.07, 6.45) is 1.13. The SMILES string of the molecule is CCC(C)(C)C(O)Cc1ccc(F)cc1C. The molecule has 1 N–H and O–H groups in total. The fourth-order valence-corrected chi connectivity index (χ4v) is 1.61. The number of aliphatic hydroxyl groups excluding tert-OH is 1. The summed E-state index contributed by atoms with van der Waals surface area (Å²) in [7, 11) is 0. The van der Waals surface area contributed by atoms with Gasteiger partial charge in [-0.2, -0.15) is 0 Å². The third-order valence-corrected chi connectivity index (χ3v) is 3.53. The highest BCUT2D eigenvalue weighted by Crippen LogP contribution is 2.27. The van der Waals surface area contributed by atoms with Crippen LogP contribution in [0.1, 0.15) is 38.3 Å². The monoisotopic (exact) mass is 224 g/mol. The van der Waals surface area contributed by atoms with E-state index in [0.717, 1.165) is 17.5 Å². The normalized spacial score (nSPS) is 13.9. The Morgan fingerprint density at radius 2 is 2.00 bits per heavy atom. The van der Waals surface area contributed by atoms with Gasteiger partial charge in [-0.05, 0) is 48.4 Å². The van der Waals surface area contributed by atoms with E-state index in [1.165, 1.54) is 12.1 Å². The summed E-state index contributed by atoms with van der Waals surface area (Å²) in [4.78, 5) is 0. The Morgan fingerprint density at radius 1 is 1.38 bits per heavy atom. The van der Waals surface area contributed by atoms with E-state index in [0.29, 0.717) is 6.42 Å². The van der Waals surface area contributed by atoms with Gasteiger partial charge in [-0.1, -0.05) is 26.8 Å². The van der Waals surface area contributed by atoms with Gasteiger partial charge in [0.1, 0.15) is 5.82 Å². The summed E-state index contributed by atoms with van der Waals surface area (Å²) < 4.78 is 12.9. The van der Waals surface area contributed by atoms with Gasteiger partial charge < -0.3 is 5.11 Å². The molecule has 1 unspecified atom stereocenters. The average Bonchev–Trinajstić information content (AvgIpc) is 2.22. The van der Waals surface area contributed by atoms with Crippen molar-refractivity contribution in [3.05, 3.63) is 35.1 Å². The Kier molecular flexibility index (Phi) is 4.09. The van der Waals surface area contributed by atoms with E-state index in [4.69, 9.17) is 0 Å². The molecule has 0 amide bonds. The number of halogens is 1. The zero-order valence-corrected chi connectivity index (χ0v) is 10.5. The first kappa shape index (κ1) is 13.2. The van der Waals surface area contributed by atoms with Crippen molar-refractivity contribution in [3.63, 3.8) is 0 Å². The van der Waals surface area contributed by atoms with Crippen LogP contribution in [0.25, 0.3) is 0 Å².